The number of halogens is 1. The van der Waals surface area contributed by atoms with Gasteiger partial charge in [-0.25, -0.2) is 0 Å². The van der Waals surface area contributed by atoms with Crippen molar-refractivity contribution in [1.29, 1.82) is 0 Å². The average Bonchev–Trinajstić information content (AvgIpc) is 2.47. The Bertz CT molecular complexity index is 494. The van der Waals surface area contributed by atoms with Crippen LogP contribution in [-0.2, 0) is 16.0 Å². The summed E-state index contributed by atoms with van der Waals surface area (Å²) in [5.74, 6) is -0.0271. The van der Waals surface area contributed by atoms with Crippen molar-refractivity contribution in [2.45, 2.75) is 58.1 Å². The summed E-state index contributed by atoms with van der Waals surface area (Å²) >= 11 is 0. The Hall–Kier alpha value is -1.26. The highest BCUT2D eigenvalue weighted by molar-refractivity contribution is 5.85. The van der Waals surface area contributed by atoms with Gasteiger partial charge in [0.2, 0.25) is 5.91 Å². The van der Waals surface area contributed by atoms with E-state index in [1.165, 1.54) is 11.1 Å². The highest BCUT2D eigenvalue weighted by atomic mass is 35.5. The lowest BCUT2D eigenvalue weighted by Gasteiger charge is -2.27. The molecule has 1 aliphatic rings. The standard InChI is InChI=1S/C17H26N2O2.ClH/c1-3-4-10-21-12(2)17(20)19-16-7-5-6-13-11-14(18)8-9-15(13)16;/h8-9,11-12,16H,3-7,10,18H2,1-2H3,(H,19,20);1H. The molecule has 0 fully saturated rings. The molecule has 1 aromatic rings. The number of amides is 1. The van der Waals surface area contributed by atoms with Crippen molar-refractivity contribution in [2.24, 2.45) is 0 Å². The van der Waals surface area contributed by atoms with Crippen molar-refractivity contribution in [3.63, 3.8) is 0 Å². The second-order valence-electron chi connectivity index (χ2n) is 5.78. The Balaban J connectivity index is 0.00000242. The molecule has 2 unspecified atom stereocenters. The van der Waals surface area contributed by atoms with E-state index in [1.807, 2.05) is 25.1 Å². The molecular weight excluding hydrogens is 300 g/mol. The molecule has 2 atom stereocenters. The summed E-state index contributed by atoms with van der Waals surface area (Å²) in [6.07, 6.45) is 4.76. The number of nitrogen functional groups attached to an aromatic ring is 1. The van der Waals surface area contributed by atoms with Crippen molar-refractivity contribution < 1.29 is 9.53 Å². The van der Waals surface area contributed by atoms with E-state index in [0.29, 0.717) is 6.61 Å². The lowest BCUT2D eigenvalue weighted by atomic mass is 9.87. The zero-order valence-electron chi connectivity index (χ0n) is 13.4. The minimum atomic E-state index is -0.393. The Morgan fingerprint density at radius 1 is 1.50 bits per heavy atom. The number of hydrogen-bond donors (Lipinski definition) is 2. The Morgan fingerprint density at radius 2 is 2.27 bits per heavy atom. The number of aryl methyl sites for hydroxylation is 1. The number of anilines is 1. The first kappa shape index (κ1) is 18.8. The first-order chi connectivity index (χ1) is 10.1. The fraction of sp³-hybridized carbons (Fsp3) is 0.588. The molecule has 3 N–H and O–H groups in total. The van der Waals surface area contributed by atoms with Crippen LogP contribution in [0.15, 0.2) is 18.2 Å². The molecule has 0 bridgehead atoms. The number of nitrogens with two attached hydrogens (primary N) is 1. The van der Waals surface area contributed by atoms with Gasteiger partial charge in [0.05, 0.1) is 6.04 Å². The smallest absolute Gasteiger partial charge is 0.249 e. The molecule has 1 aromatic carbocycles. The molecule has 0 radical (unpaired) electrons. The number of ether oxygens (including phenoxy) is 1. The van der Waals surface area contributed by atoms with Gasteiger partial charge in [0.25, 0.3) is 0 Å². The fourth-order valence-electron chi connectivity index (χ4n) is 2.75. The van der Waals surface area contributed by atoms with E-state index in [1.54, 1.807) is 0 Å². The SMILES string of the molecule is CCCCOC(C)C(=O)NC1CCCc2cc(N)ccc21.Cl. The summed E-state index contributed by atoms with van der Waals surface area (Å²) in [6, 6.07) is 6.05. The first-order valence-electron chi connectivity index (χ1n) is 7.92. The maximum Gasteiger partial charge on any atom is 0.249 e. The molecule has 0 saturated heterocycles. The summed E-state index contributed by atoms with van der Waals surface area (Å²) in [6.45, 7) is 4.57. The lowest BCUT2D eigenvalue weighted by molar-refractivity contribution is -0.132. The van der Waals surface area contributed by atoms with Gasteiger partial charge < -0.3 is 15.8 Å². The van der Waals surface area contributed by atoms with Crippen LogP contribution in [0.5, 0.6) is 0 Å². The van der Waals surface area contributed by atoms with Crippen molar-refractivity contribution in [3.05, 3.63) is 29.3 Å². The summed E-state index contributed by atoms with van der Waals surface area (Å²) in [5.41, 5.74) is 9.08. The van der Waals surface area contributed by atoms with E-state index in [2.05, 4.69) is 12.2 Å². The third-order valence-electron chi connectivity index (χ3n) is 4.03. The van der Waals surface area contributed by atoms with E-state index in [4.69, 9.17) is 10.5 Å². The molecule has 1 amide bonds. The van der Waals surface area contributed by atoms with Crippen LogP contribution < -0.4 is 11.1 Å². The van der Waals surface area contributed by atoms with E-state index in [9.17, 15) is 4.79 Å². The minimum Gasteiger partial charge on any atom is -0.399 e. The van der Waals surface area contributed by atoms with Crippen molar-refractivity contribution in [3.8, 4) is 0 Å². The van der Waals surface area contributed by atoms with Crippen molar-refractivity contribution in [1.82, 2.24) is 5.32 Å². The van der Waals surface area contributed by atoms with Crippen LogP contribution in [0.3, 0.4) is 0 Å². The van der Waals surface area contributed by atoms with Crippen LogP contribution in [0.1, 0.15) is 56.7 Å². The number of rotatable bonds is 6. The normalized spacial score (nSPS) is 18.0. The topological polar surface area (TPSA) is 64.3 Å². The Labute approximate surface area is 139 Å². The maximum absolute atomic E-state index is 12.2. The van der Waals surface area contributed by atoms with Gasteiger partial charge in [-0.05, 0) is 55.9 Å². The molecule has 4 nitrogen and oxygen atoms in total. The Kier molecular flexibility index (Phi) is 7.69. The molecule has 0 saturated carbocycles. The number of hydrogen-bond acceptors (Lipinski definition) is 3. The average molecular weight is 327 g/mol. The number of carbonyl (C=O) groups is 1. The van der Waals surface area contributed by atoms with Gasteiger partial charge in [0.15, 0.2) is 0 Å². The molecule has 0 heterocycles. The number of carbonyl (C=O) groups excluding carboxylic acids is 1. The van der Waals surface area contributed by atoms with Gasteiger partial charge in [-0.1, -0.05) is 19.4 Å². The zero-order valence-corrected chi connectivity index (χ0v) is 14.2. The lowest BCUT2D eigenvalue weighted by Crippen LogP contribution is -2.38. The number of benzene rings is 1. The molecule has 0 aliphatic heterocycles. The summed E-state index contributed by atoms with van der Waals surface area (Å²) in [5, 5.41) is 3.12. The highest BCUT2D eigenvalue weighted by Gasteiger charge is 2.24. The summed E-state index contributed by atoms with van der Waals surface area (Å²) in [7, 11) is 0. The fourth-order valence-corrected chi connectivity index (χ4v) is 2.75. The second-order valence-corrected chi connectivity index (χ2v) is 5.78. The molecular formula is C17H27ClN2O2. The summed E-state index contributed by atoms with van der Waals surface area (Å²) in [4.78, 5) is 12.2. The molecule has 124 valence electrons. The van der Waals surface area contributed by atoms with Crippen LogP contribution in [0, 0.1) is 0 Å². The minimum absolute atomic E-state index is 0. The zero-order chi connectivity index (χ0) is 15.2. The van der Waals surface area contributed by atoms with Crippen molar-refractivity contribution in [2.75, 3.05) is 12.3 Å². The van der Waals surface area contributed by atoms with Gasteiger partial charge >= 0.3 is 0 Å². The first-order valence-corrected chi connectivity index (χ1v) is 7.92. The van der Waals surface area contributed by atoms with Gasteiger partial charge in [0, 0.05) is 12.3 Å². The van der Waals surface area contributed by atoms with Crippen LogP contribution in [0.4, 0.5) is 5.69 Å². The van der Waals surface area contributed by atoms with Gasteiger partial charge in [-0.2, -0.15) is 0 Å². The third kappa shape index (κ3) is 4.89. The van der Waals surface area contributed by atoms with E-state index >= 15 is 0 Å². The van der Waals surface area contributed by atoms with Crippen LogP contribution >= 0.6 is 12.4 Å². The molecule has 22 heavy (non-hydrogen) atoms. The quantitative estimate of drug-likeness (QED) is 0.622. The van der Waals surface area contributed by atoms with Crippen LogP contribution in [0.25, 0.3) is 0 Å². The molecule has 0 aromatic heterocycles. The molecule has 1 aliphatic carbocycles. The van der Waals surface area contributed by atoms with E-state index in [0.717, 1.165) is 37.8 Å². The molecule has 0 spiro atoms. The predicted molar refractivity (Wildman–Crippen MR) is 92.2 cm³/mol. The predicted octanol–water partition coefficient (Wildman–Crippen LogP) is 3.39. The summed E-state index contributed by atoms with van der Waals surface area (Å²) < 4.78 is 5.56. The van der Waals surface area contributed by atoms with Crippen molar-refractivity contribution >= 4 is 24.0 Å². The largest absolute Gasteiger partial charge is 0.399 e. The van der Waals surface area contributed by atoms with E-state index < -0.39 is 6.10 Å². The molecule has 5 heteroatoms. The van der Waals surface area contributed by atoms with Crippen LogP contribution in [-0.4, -0.2) is 18.6 Å². The van der Waals surface area contributed by atoms with Gasteiger partial charge in [0.1, 0.15) is 6.10 Å². The van der Waals surface area contributed by atoms with Gasteiger partial charge in [-0.15, -0.1) is 12.4 Å². The second kappa shape index (κ2) is 9.01. The van der Waals surface area contributed by atoms with Gasteiger partial charge in [-0.3, -0.25) is 4.79 Å². The third-order valence-corrected chi connectivity index (χ3v) is 4.03. The molecule has 2 rings (SSSR count). The van der Waals surface area contributed by atoms with E-state index in [-0.39, 0.29) is 24.4 Å². The number of nitrogens with one attached hydrogen (secondary N) is 1. The number of fused-ring (bicyclic) bond motifs is 1. The monoisotopic (exact) mass is 326 g/mol. The van der Waals surface area contributed by atoms with Crippen LogP contribution in [0.2, 0.25) is 0 Å². The Morgan fingerprint density at radius 3 is 3.00 bits per heavy atom. The maximum atomic E-state index is 12.2. The number of unbranched alkanes of at least 4 members (excludes halogenated alkanes) is 1. The highest BCUT2D eigenvalue weighted by Crippen LogP contribution is 2.31.